The number of rotatable bonds is 3. The summed E-state index contributed by atoms with van der Waals surface area (Å²) in [5.41, 5.74) is 6.47. The first-order valence-electron chi connectivity index (χ1n) is 4.47. The molecule has 4 N–H and O–H groups in total. The lowest BCUT2D eigenvalue weighted by molar-refractivity contribution is 0.164. The van der Waals surface area contributed by atoms with E-state index in [-0.39, 0.29) is 18.2 Å². The molecule has 0 bridgehead atoms. The molecule has 0 saturated carbocycles. The van der Waals surface area contributed by atoms with Crippen LogP contribution in [0.15, 0.2) is 16.6 Å². The summed E-state index contributed by atoms with van der Waals surface area (Å²) in [6.45, 7) is 1.61. The van der Waals surface area contributed by atoms with E-state index in [1.54, 1.807) is 19.1 Å². The predicted molar refractivity (Wildman–Crippen MR) is 68.2 cm³/mol. The first-order chi connectivity index (χ1) is 6.97. The number of nitrogens with two attached hydrogens (primary N) is 1. The van der Waals surface area contributed by atoms with Crippen LogP contribution in [0.1, 0.15) is 18.5 Å². The fourth-order valence-corrected chi connectivity index (χ4v) is 1.68. The number of halogens is 2. The van der Waals surface area contributed by atoms with E-state index in [1.165, 1.54) is 7.11 Å². The number of benzene rings is 1. The SMILES string of the molecule is COc1cc([C@H](N)[C@@H](C)O)cc(Br)c1O.Cl. The monoisotopic (exact) mass is 311 g/mol. The summed E-state index contributed by atoms with van der Waals surface area (Å²) < 4.78 is 5.47. The van der Waals surface area contributed by atoms with Gasteiger partial charge in [-0.3, -0.25) is 0 Å². The van der Waals surface area contributed by atoms with Crippen molar-refractivity contribution in [3.63, 3.8) is 0 Å². The Morgan fingerprint density at radius 1 is 1.44 bits per heavy atom. The first kappa shape index (κ1) is 15.5. The van der Waals surface area contributed by atoms with Crippen molar-refractivity contribution in [3.8, 4) is 11.5 Å². The molecule has 0 spiro atoms. The van der Waals surface area contributed by atoms with Gasteiger partial charge in [0, 0.05) is 0 Å². The molecule has 0 heterocycles. The second-order valence-electron chi connectivity index (χ2n) is 3.32. The molecule has 92 valence electrons. The van der Waals surface area contributed by atoms with E-state index in [9.17, 15) is 10.2 Å². The molecule has 1 aromatic carbocycles. The fraction of sp³-hybridized carbons (Fsp3) is 0.400. The van der Waals surface area contributed by atoms with Gasteiger partial charge in [-0.25, -0.2) is 0 Å². The van der Waals surface area contributed by atoms with Crippen LogP contribution in [0.2, 0.25) is 0 Å². The minimum Gasteiger partial charge on any atom is -0.503 e. The van der Waals surface area contributed by atoms with Crippen molar-refractivity contribution in [2.24, 2.45) is 5.73 Å². The van der Waals surface area contributed by atoms with Crippen molar-refractivity contribution in [1.29, 1.82) is 0 Å². The van der Waals surface area contributed by atoms with Crippen LogP contribution >= 0.6 is 28.3 Å². The quantitative estimate of drug-likeness (QED) is 0.797. The zero-order valence-electron chi connectivity index (χ0n) is 8.98. The largest absolute Gasteiger partial charge is 0.503 e. The van der Waals surface area contributed by atoms with Gasteiger partial charge in [-0.2, -0.15) is 0 Å². The molecule has 0 aliphatic carbocycles. The smallest absolute Gasteiger partial charge is 0.172 e. The second-order valence-corrected chi connectivity index (χ2v) is 4.17. The molecule has 4 nitrogen and oxygen atoms in total. The number of aliphatic hydroxyl groups excluding tert-OH is 1. The maximum atomic E-state index is 9.57. The van der Waals surface area contributed by atoms with Crippen LogP contribution in [-0.2, 0) is 0 Å². The molecule has 0 aliphatic rings. The molecule has 2 atom stereocenters. The number of hydrogen-bond donors (Lipinski definition) is 3. The highest BCUT2D eigenvalue weighted by molar-refractivity contribution is 9.10. The molecule has 6 heteroatoms. The first-order valence-corrected chi connectivity index (χ1v) is 5.26. The Balaban J connectivity index is 0.00000225. The third-order valence-corrected chi connectivity index (χ3v) is 2.78. The molecule has 1 rings (SSSR count). The molecular formula is C10H15BrClNO3. The van der Waals surface area contributed by atoms with Gasteiger partial charge >= 0.3 is 0 Å². The highest BCUT2D eigenvalue weighted by Crippen LogP contribution is 2.36. The number of hydrogen-bond acceptors (Lipinski definition) is 4. The molecule has 0 unspecified atom stereocenters. The van der Waals surface area contributed by atoms with Crippen molar-refractivity contribution in [2.45, 2.75) is 19.1 Å². The van der Waals surface area contributed by atoms with Gasteiger partial charge in [0.1, 0.15) is 0 Å². The molecule has 16 heavy (non-hydrogen) atoms. The maximum absolute atomic E-state index is 9.57. The Morgan fingerprint density at radius 3 is 2.44 bits per heavy atom. The summed E-state index contributed by atoms with van der Waals surface area (Å²) in [5, 5.41) is 18.9. The Morgan fingerprint density at radius 2 is 2.00 bits per heavy atom. The molecule has 0 fully saturated rings. The van der Waals surface area contributed by atoms with Gasteiger partial charge in [0.2, 0.25) is 0 Å². The van der Waals surface area contributed by atoms with E-state index in [4.69, 9.17) is 10.5 Å². The maximum Gasteiger partial charge on any atom is 0.172 e. The summed E-state index contributed by atoms with van der Waals surface area (Å²) in [6, 6.07) is 2.77. The Bertz CT molecular complexity index is 360. The summed E-state index contributed by atoms with van der Waals surface area (Å²) >= 11 is 3.19. The van der Waals surface area contributed by atoms with Gasteiger partial charge in [0.15, 0.2) is 11.5 Å². The Kier molecular flexibility index (Phi) is 6.10. The highest BCUT2D eigenvalue weighted by atomic mass is 79.9. The zero-order valence-corrected chi connectivity index (χ0v) is 11.4. The van der Waals surface area contributed by atoms with E-state index in [1.807, 2.05) is 0 Å². The number of aliphatic hydroxyl groups is 1. The average Bonchev–Trinajstić information content (AvgIpc) is 2.20. The minimum atomic E-state index is -0.661. The number of phenols is 1. The fourth-order valence-electron chi connectivity index (χ4n) is 1.22. The molecular weight excluding hydrogens is 297 g/mol. The normalized spacial score (nSPS) is 13.8. The third-order valence-electron chi connectivity index (χ3n) is 2.18. The Labute approximate surface area is 109 Å². The summed E-state index contributed by atoms with van der Waals surface area (Å²) in [6.07, 6.45) is -0.661. The van der Waals surface area contributed by atoms with Crippen molar-refractivity contribution in [1.82, 2.24) is 0 Å². The van der Waals surface area contributed by atoms with E-state index in [2.05, 4.69) is 15.9 Å². The van der Waals surface area contributed by atoms with E-state index in [0.717, 1.165) is 0 Å². The lowest BCUT2D eigenvalue weighted by atomic mass is 10.0. The van der Waals surface area contributed by atoms with E-state index >= 15 is 0 Å². The highest BCUT2D eigenvalue weighted by Gasteiger charge is 2.16. The van der Waals surface area contributed by atoms with Crippen LogP contribution < -0.4 is 10.5 Å². The standard InChI is InChI=1S/C10H14BrNO3.ClH/c1-5(13)9(12)6-3-7(11)10(14)8(4-6)15-2;/h3-5,9,13-14H,12H2,1-2H3;1H/t5-,9-;/m1./s1. The summed E-state index contributed by atoms with van der Waals surface area (Å²) in [7, 11) is 1.46. The van der Waals surface area contributed by atoms with Gasteiger partial charge in [0.05, 0.1) is 23.7 Å². The third kappa shape index (κ3) is 3.25. The van der Waals surface area contributed by atoms with Crippen LogP contribution in [0, 0.1) is 0 Å². The summed E-state index contributed by atoms with van der Waals surface area (Å²) in [5.74, 6) is 0.356. The average molecular weight is 313 g/mol. The van der Waals surface area contributed by atoms with Crippen LogP contribution in [0.4, 0.5) is 0 Å². The number of methoxy groups -OCH3 is 1. The lowest BCUT2D eigenvalue weighted by Crippen LogP contribution is -2.23. The molecule has 0 saturated heterocycles. The van der Waals surface area contributed by atoms with Crippen molar-refractivity contribution in [3.05, 3.63) is 22.2 Å². The predicted octanol–water partition coefficient (Wildman–Crippen LogP) is 1.97. The Hall–Kier alpha value is -0.490. The van der Waals surface area contributed by atoms with Crippen molar-refractivity contribution in [2.75, 3.05) is 7.11 Å². The number of phenolic OH excluding ortho intramolecular Hbond substituents is 1. The van der Waals surface area contributed by atoms with Crippen LogP contribution in [0.3, 0.4) is 0 Å². The molecule has 0 radical (unpaired) electrons. The van der Waals surface area contributed by atoms with Gasteiger partial charge in [0.25, 0.3) is 0 Å². The van der Waals surface area contributed by atoms with Crippen molar-refractivity contribution < 1.29 is 14.9 Å². The minimum absolute atomic E-state index is 0. The van der Waals surface area contributed by atoms with Crippen molar-refractivity contribution >= 4 is 28.3 Å². The van der Waals surface area contributed by atoms with Gasteiger partial charge in [-0.05, 0) is 40.5 Å². The topological polar surface area (TPSA) is 75.7 Å². The van der Waals surface area contributed by atoms with Gasteiger partial charge < -0.3 is 20.7 Å². The van der Waals surface area contributed by atoms with E-state index in [0.29, 0.717) is 15.8 Å². The molecule has 0 aliphatic heterocycles. The van der Waals surface area contributed by atoms with Crippen LogP contribution in [-0.4, -0.2) is 23.4 Å². The molecule has 1 aromatic rings. The molecule has 0 aromatic heterocycles. The van der Waals surface area contributed by atoms with Gasteiger partial charge in [-0.1, -0.05) is 0 Å². The van der Waals surface area contributed by atoms with Crippen LogP contribution in [0.25, 0.3) is 0 Å². The van der Waals surface area contributed by atoms with Crippen LogP contribution in [0.5, 0.6) is 11.5 Å². The molecule has 0 amide bonds. The number of aromatic hydroxyl groups is 1. The summed E-state index contributed by atoms with van der Waals surface area (Å²) in [4.78, 5) is 0. The lowest BCUT2D eigenvalue weighted by Gasteiger charge is -2.17. The second kappa shape index (κ2) is 6.30. The number of ether oxygens (including phenoxy) is 1. The zero-order chi connectivity index (χ0) is 11.6. The van der Waals surface area contributed by atoms with Gasteiger partial charge in [-0.15, -0.1) is 12.4 Å². The van der Waals surface area contributed by atoms with E-state index < -0.39 is 12.1 Å².